The maximum Gasteiger partial charge on any atom is 0.252 e. The van der Waals surface area contributed by atoms with Crippen molar-refractivity contribution in [3.63, 3.8) is 0 Å². The monoisotopic (exact) mass is 424 g/mol. The van der Waals surface area contributed by atoms with E-state index in [2.05, 4.69) is 39.8 Å². The average Bonchev–Trinajstić information content (AvgIpc) is 3.41. The van der Waals surface area contributed by atoms with Gasteiger partial charge in [-0.25, -0.2) is 10.9 Å². The molecule has 31 heavy (non-hydrogen) atoms. The van der Waals surface area contributed by atoms with Crippen molar-refractivity contribution in [3.8, 4) is 17.2 Å². The number of hydrazine groups is 1. The van der Waals surface area contributed by atoms with Crippen LogP contribution in [-0.2, 0) is 6.54 Å². The maximum atomic E-state index is 12.8. The maximum absolute atomic E-state index is 12.8. The van der Waals surface area contributed by atoms with Crippen LogP contribution < -0.4 is 30.4 Å². The molecule has 1 amide bonds. The van der Waals surface area contributed by atoms with Crippen molar-refractivity contribution >= 4 is 16.8 Å². The van der Waals surface area contributed by atoms with Crippen LogP contribution in [0.5, 0.6) is 17.2 Å². The Hall–Kier alpha value is -3.23. The number of carbonyl (C=O) groups is 1. The van der Waals surface area contributed by atoms with Crippen LogP contribution in [0.2, 0.25) is 0 Å². The minimum absolute atomic E-state index is 0.0588. The summed E-state index contributed by atoms with van der Waals surface area (Å²) in [6.45, 7) is 2.98. The minimum Gasteiger partial charge on any atom is -0.497 e. The van der Waals surface area contributed by atoms with Gasteiger partial charge in [0, 0.05) is 41.2 Å². The molecule has 1 aliphatic rings. The Morgan fingerprint density at radius 3 is 2.35 bits per heavy atom. The zero-order valence-electron chi connectivity index (χ0n) is 18.2. The fraction of sp³-hybridized carbons (Fsp3) is 0.348. The Balaban J connectivity index is 1.50. The third-order valence-corrected chi connectivity index (χ3v) is 5.64. The summed E-state index contributed by atoms with van der Waals surface area (Å²) in [7, 11) is 4.80. The molecule has 0 bridgehead atoms. The van der Waals surface area contributed by atoms with E-state index in [1.807, 2.05) is 12.1 Å². The second kappa shape index (κ2) is 8.87. The highest BCUT2D eigenvalue weighted by Crippen LogP contribution is 2.31. The molecule has 2 unspecified atom stereocenters. The van der Waals surface area contributed by atoms with E-state index in [1.165, 1.54) is 0 Å². The van der Waals surface area contributed by atoms with Gasteiger partial charge in [-0.05, 0) is 43.3 Å². The predicted octanol–water partition coefficient (Wildman–Crippen LogP) is 2.98. The van der Waals surface area contributed by atoms with Crippen LogP contribution in [0.15, 0.2) is 42.5 Å². The third kappa shape index (κ3) is 4.17. The number of nitrogens with one attached hydrogen (secondary N) is 3. The van der Waals surface area contributed by atoms with Crippen LogP contribution in [0.25, 0.3) is 10.9 Å². The molecule has 2 heterocycles. The molecule has 4 rings (SSSR count). The molecule has 8 heteroatoms. The van der Waals surface area contributed by atoms with E-state index in [0.717, 1.165) is 28.9 Å². The largest absolute Gasteiger partial charge is 0.497 e. The lowest BCUT2D eigenvalue weighted by Crippen LogP contribution is -2.44. The SMILES string of the molecule is CCn1c(C2CC(NC(=O)c3cc(OC)cc(OC)c3)NN2)cc2cc(OC)ccc21. The molecular formula is C23H28N4O4. The van der Waals surface area contributed by atoms with Gasteiger partial charge in [-0.2, -0.15) is 0 Å². The molecule has 0 aliphatic carbocycles. The van der Waals surface area contributed by atoms with E-state index in [1.54, 1.807) is 39.5 Å². The van der Waals surface area contributed by atoms with E-state index in [4.69, 9.17) is 14.2 Å². The van der Waals surface area contributed by atoms with E-state index in [-0.39, 0.29) is 18.1 Å². The fourth-order valence-corrected chi connectivity index (χ4v) is 4.06. The molecule has 2 aromatic carbocycles. The molecule has 1 aliphatic heterocycles. The van der Waals surface area contributed by atoms with Gasteiger partial charge in [-0.3, -0.25) is 4.79 Å². The average molecular weight is 425 g/mol. The van der Waals surface area contributed by atoms with E-state index < -0.39 is 0 Å². The number of fused-ring (bicyclic) bond motifs is 1. The van der Waals surface area contributed by atoms with Crippen LogP contribution in [-0.4, -0.2) is 38.0 Å². The minimum atomic E-state index is -0.215. The molecule has 0 spiro atoms. The van der Waals surface area contributed by atoms with Crippen LogP contribution in [0.3, 0.4) is 0 Å². The highest BCUT2D eigenvalue weighted by molar-refractivity contribution is 5.95. The molecule has 0 saturated carbocycles. The van der Waals surface area contributed by atoms with Crippen molar-refractivity contribution in [1.82, 2.24) is 20.7 Å². The van der Waals surface area contributed by atoms with E-state index in [0.29, 0.717) is 23.5 Å². The summed E-state index contributed by atoms with van der Waals surface area (Å²) in [5.41, 5.74) is 9.33. The number of aryl methyl sites for hydroxylation is 1. The first kappa shape index (κ1) is 21.0. The zero-order chi connectivity index (χ0) is 22.0. The predicted molar refractivity (Wildman–Crippen MR) is 119 cm³/mol. The van der Waals surface area contributed by atoms with Crippen molar-refractivity contribution in [2.24, 2.45) is 0 Å². The number of hydrogen-bond donors (Lipinski definition) is 3. The van der Waals surface area contributed by atoms with Gasteiger partial charge < -0.3 is 24.1 Å². The van der Waals surface area contributed by atoms with Gasteiger partial charge in [0.2, 0.25) is 0 Å². The van der Waals surface area contributed by atoms with Crippen LogP contribution in [0, 0.1) is 0 Å². The summed E-state index contributed by atoms with van der Waals surface area (Å²) in [5, 5.41) is 4.17. The molecule has 1 saturated heterocycles. The smallest absolute Gasteiger partial charge is 0.252 e. The lowest BCUT2D eigenvalue weighted by Gasteiger charge is -2.14. The first-order chi connectivity index (χ1) is 15.1. The summed E-state index contributed by atoms with van der Waals surface area (Å²) in [6, 6.07) is 13.5. The summed E-state index contributed by atoms with van der Waals surface area (Å²) in [4.78, 5) is 12.8. The lowest BCUT2D eigenvalue weighted by molar-refractivity contribution is 0.0931. The highest BCUT2D eigenvalue weighted by Gasteiger charge is 2.29. The highest BCUT2D eigenvalue weighted by atomic mass is 16.5. The Morgan fingerprint density at radius 2 is 1.71 bits per heavy atom. The number of nitrogens with zero attached hydrogens (tertiary/aromatic N) is 1. The number of amides is 1. The lowest BCUT2D eigenvalue weighted by atomic mass is 10.1. The Bertz CT molecular complexity index is 1070. The van der Waals surface area contributed by atoms with E-state index in [9.17, 15) is 4.79 Å². The first-order valence-electron chi connectivity index (χ1n) is 10.3. The third-order valence-electron chi connectivity index (χ3n) is 5.64. The topological polar surface area (TPSA) is 85.8 Å². The number of ether oxygens (including phenoxy) is 3. The summed E-state index contributed by atoms with van der Waals surface area (Å²) < 4.78 is 18.2. The van der Waals surface area contributed by atoms with Gasteiger partial charge in [0.25, 0.3) is 5.91 Å². The van der Waals surface area contributed by atoms with Crippen molar-refractivity contribution in [2.75, 3.05) is 21.3 Å². The number of carbonyl (C=O) groups excluding carboxylic acids is 1. The molecule has 164 valence electrons. The normalized spacial score (nSPS) is 18.2. The van der Waals surface area contributed by atoms with Gasteiger partial charge in [-0.15, -0.1) is 0 Å². The summed E-state index contributed by atoms with van der Waals surface area (Å²) >= 11 is 0. The first-order valence-corrected chi connectivity index (χ1v) is 10.3. The van der Waals surface area contributed by atoms with Crippen LogP contribution in [0.4, 0.5) is 0 Å². The molecule has 1 aromatic heterocycles. The van der Waals surface area contributed by atoms with Crippen molar-refractivity contribution in [3.05, 3.63) is 53.7 Å². The summed E-state index contributed by atoms with van der Waals surface area (Å²) in [6.07, 6.45) is 0.493. The van der Waals surface area contributed by atoms with Gasteiger partial charge >= 0.3 is 0 Å². The molecule has 3 N–H and O–H groups in total. The summed E-state index contributed by atoms with van der Waals surface area (Å²) in [5.74, 6) is 1.78. The van der Waals surface area contributed by atoms with Crippen molar-refractivity contribution < 1.29 is 19.0 Å². The van der Waals surface area contributed by atoms with Crippen LogP contribution in [0.1, 0.15) is 35.4 Å². The standard InChI is InChI=1S/C23H28N4O4/c1-5-27-20-7-6-16(29-2)8-14(20)11-21(27)19-13-22(26-25-19)24-23(28)15-9-17(30-3)12-18(10-15)31-4/h6-12,19,22,25-26H,5,13H2,1-4H3,(H,24,28). The molecule has 8 nitrogen and oxygen atoms in total. The molecule has 0 radical (unpaired) electrons. The molecule has 2 atom stereocenters. The second-order valence-corrected chi connectivity index (χ2v) is 7.44. The molecular weight excluding hydrogens is 396 g/mol. The molecule has 3 aromatic rings. The van der Waals surface area contributed by atoms with Gasteiger partial charge in [0.1, 0.15) is 17.2 Å². The number of rotatable bonds is 7. The van der Waals surface area contributed by atoms with Crippen molar-refractivity contribution in [1.29, 1.82) is 0 Å². The molecule has 1 fully saturated rings. The van der Waals surface area contributed by atoms with E-state index >= 15 is 0 Å². The number of hydrogen-bond acceptors (Lipinski definition) is 6. The van der Waals surface area contributed by atoms with Crippen molar-refractivity contribution in [2.45, 2.75) is 32.1 Å². The van der Waals surface area contributed by atoms with Gasteiger partial charge in [-0.1, -0.05) is 0 Å². The van der Waals surface area contributed by atoms with Gasteiger partial charge in [0.05, 0.1) is 33.5 Å². The number of aromatic nitrogens is 1. The Morgan fingerprint density at radius 1 is 1.00 bits per heavy atom. The second-order valence-electron chi connectivity index (χ2n) is 7.44. The Labute approximate surface area is 181 Å². The van der Waals surface area contributed by atoms with Gasteiger partial charge in [0.15, 0.2) is 0 Å². The zero-order valence-corrected chi connectivity index (χ0v) is 18.2. The fourth-order valence-electron chi connectivity index (χ4n) is 4.06. The Kier molecular flexibility index (Phi) is 6.01. The quantitative estimate of drug-likeness (QED) is 0.541. The number of benzene rings is 2. The number of methoxy groups -OCH3 is 3. The van der Waals surface area contributed by atoms with Crippen LogP contribution >= 0.6 is 0 Å².